The molecule has 7 nitrogen and oxygen atoms in total. The Morgan fingerprint density at radius 3 is 2.77 bits per heavy atom. The zero-order valence-corrected chi connectivity index (χ0v) is 16.8. The van der Waals surface area contributed by atoms with Gasteiger partial charge in [0, 0.05) is 35.1 Å². The largest absolute Gasteiger partial charge is 0.384 e. The van der Waals surface area contributed by atoms with Gasteiger partial charge in [-0.15, -0.1) is 0 Å². The molecule has 0 saturated heterocycles. The smallest absolute Gasteiger partial charge is 0.245 e. The monoisotopic (exact) mass is 435 g/mol. The highest BCUT2D eigenvalue weighted by atomic mass is 35.5. The van der Waals surface area contributed by atoms with E-state index in [0.29, 0.717) is 35.1 Å². The van der Waals surface area contributed by atoms with Gasteiger partial charge in [0.2, 0.25) is 5.91 Å². The minimum absolute atomic E-state index is 0.0296. The number of anilines is 2. The summed E-state index contributed by atoms with van der Waals surface area (Å²) in [5.41, 5.74) is 5.70. The molecular formula is C22H15ClFN5O2. The number of hydrogen-bond donors (Lipinski definition) is 2. The molecule has 1 aromatic heterocycles. The summed E-state index contributed by atoms with van der Waals surface area (Å²) >= 11 is 5.96. The molecule has 0 bridgehead atoms. The lowest BCUT2D eigenvalue weighted by molar-refractivity contribution is -0.122. The van der Waals surface area contributed by atoms with Gasteiger partial charge in [0.05, 0.1) is 10.6 Å². The molecule has 0 fully saturated rings. The van der Waals surface area contributed by atoms with Crippen LogP contribution in [0.25, 0.3) is 0 Å². The third-order valence-corrected chi connectivity index (χ3v) is 6.15. The Kier molecular flexibility index (Phi) is 4.14. The maximum Gasteiger partial charge on any atom is 0.245 e. The quantitative estimate of drug-likeness (QED) is 0.710. The average molecular weight is 436 g/mol. The number of allylic oxidation sites excluding steroid dienone is 1. The second kappa shape index (κ2) is 6.65. The van der Waals surface area contributed by atoms with Crippen LogP contribution in [-0.2, 0) is 15.0 Å². The van der Waals surface area contributed by atoms with Gasteiger partial charge in [-0.25, -0.2) is 9.37 Å². The number of nitrogens with zero attached hydrogens (tertiary/aromatic N) is 3. The first-order valence-electron chi connectivity index (χ1n) is 9.60. The van der Waals surface area contributed by atoms with Crippen molar-refractivity contribution in [3.8, 4) is 6.07 Å². The maximum absolute atomic E-state index is 14.3. The molecule has 1 unspecified atom stereocenters. The molecule has 0 radical (unpaired) electrons. The highest BCUT2D eigenvalue weighted by Gasteiger charge is 2.60. The fourth-order valence-corrected chi connectivity index (χ4v) is 4.84. The highest BCUT2D eigenvalue weighted by molar-refractivity contribution is 6.30. The van der Waals surface area contributed by atoms with Crippen LogP contribution in [0.1, 0.15) is 24.8 Å². The second-order valence-corrected chi connectivity index (χ2v) is 7.97. The van der Waals surface area contributed by atoms with Crippen LogP contribution in [0.5, 0.6) is 0 Å². The van der Waals surface area contributed by atoms with E-state index in [4.69, 9.17) is 17.3 Å². The van der Waals surface area contributed by atoms with Crippen molar-refractivity contribution in [3.05, 3.63) is 75.6 Å². The zero-order valence-electron chi connectivity index (χ0n) is 16.1. The minimum Gasteiger partial charge on any atom is -0.384 e. The van der Waals surface area contributed by atoms with E-state index in [1.54, 1.807) is 12.1 Å². The van der Waals surface area contributed by atoms with Gasteiger partial charge >= 0.3 is 0 Å². The van der Waals surface area contributed by atoms with Crippen molar-refractivity contribution in [1.29, 1.82) is 5.26 Å². The summed E-state index contributed by atoms with van der Waals surface area (Å²) in [6.07, 6.45) is 2.62. The van der Waals surface area contributed by atoms with Gasteiger partial charge in [0.25, 0.3) is 0 Å². The molecule has 2 aromatic rings. The van der Waals surface area contributed by atoms with Crippen molar-refractivity contribution in [1.82, 2.24) is 4.98 Å². The summed E-state index contributed by atoms with van der Waals surface area (Å²) in [5, 5.41) is 13.2. The standard InChI is InChI=1S/C22H15ClFN5O2/c23-11-4-7-18(27-10-11)29-16-2-1-3-17(30)19(16)22(14(9-25)20(29)26)13-8-12(24)5-6-15(13)28-21(22)31/h4-8,10H,1-3,26H2,(H,28,31). The third kappa shape index (κ3) is 2.47. The summed E-state index contributed by atoms with van der Waals surface area (Å²) < 4.78 is 14.3. The number of benzene rings is 1. The van der Waals surface area contributed by atoms with Gasteiger partial charge in [-0.2, -0.15) is 5.26 Å². The Balaban J connectivity index is 1.88. The van der Waals surface area contributed by atoms with E-state index in [0.717, 1.165) is 0 Å². The number of aromatic nitrogens is 1. The molecule has 31 heavy (non-hydrogen) atoms. The fraction of sp³-hybridized carbons (Fsp3) is 0.182. The number of carbonyl (C=O) groups is 2. The lowest BCUT2D eigenvalue weighted by Crippen LogP contribution is -2.51. The van der Waals surface area contributed by atoms with Crippen LogP contribution >= 0.6 is 11.6 Å². The highest BCUT2D eigenvalue weighted by Crippen LogP contribution is 2.55. The van der Waals surface area contributed by atoms with E-state index in [-0.39, 0.29) is 34.7 Å². The van der Waals surface area contributed by atoms with Crippen LogP contribution in [0.3, 0.4) is 0 Å². The number of Topliss-reactive ketones (excluding diaryl/α,β-unsaturated/α-hetero) is 1. The van der Waals surface area contributed by atoms with Crippen LogP contribution in [0, 0.1) is 17.1 Å². The number of rotatable bonds is 1. The first-order chi connectivity index (χ1) is 14.9. The SMILES string of the molecule is N#CC1=C(N)N(c2ccc(Cl)cn2)C2=C(C(=O)CCC2)C12C(=O)Nc1ccc(F)cc12. The molecule has 0 saturated carbocycles. The van der Waals surface area contributed by atoms with E-state index in [9.17, 15) is 19.2 Å². The van der Waals surface area contributed by atoms with Crippen molar-refractivity contribution < 1.29 is 14.0 Å². The molecule has 2 aliphatic heterocycles. The number of carbonyl (C=O) groups excluding carboxylic acids is 2. The van der Waals surface area contributed by atoms with Crippen molar-refractivity contribution >= 4 is 34.8 Å². The predicted molar refractivity (Wildman–Crippen MR) is 111 cm³/mol. The van der Waals surface area contributed by atoms with Crippen LogP contribution in [0.15, 0.2) is 59.2 Å². The van der Waals surface area contributed by atoms with Crippen LogP contribution in [0.4, 0.5) is 15.9 Å². The summed E-state index contributed by atoms with van der Waals surface area (Å²) in [6, 6.07) is 9.08. The molecule has 3 aliphatic rings. The Labute approximate surface area is 181 Å². The summed E-state index contributed by atoms with van der Waals surface area (Å²) in [4.78, 5) is 32.5. The van der Waals surface area contributed by atoms with Crippen LogP contribution < -0.4 is 16.0 Å². The van der Waals surface area contributed by atoms with E-state index in [1.165, 1.54) is 29.3 Å². The van der Waals surface area contributed by atoms with Crippen molar-refractivity contribution in [2.75, 3.05) is 10.2 Å². The summed E-state index contributed by atoms with van der Waals surface area (Å²) in [6.45, 7) is 0. The number of nitrogens with two attached hydrogens (primary N) is 1. The number of pyridine rings is 1. The van der Waals surface area contributed by atoms with E-state index in [1.807, 2.05) is 6.07 Å². The number of nitriles is 1. The molecule has 9 heteroatoms. The fourth-order valence-electron chi connectivity index (χ4n) is 4.72. The number of fused-ring (bicyclic) bond motifs is 3. The topological polar surface area (TPSA) is 112 Å². The molecule has 1 amide bonds. The molecule has 3 heterocycles. The first kappa shape index (κ1) is 19.3. The number of amides is 1. The van der Waals surface area contributed by atoms with E-state index in [2.05, 4.69) is 10.3 Å². The molecule has 1 aliphatic carbocycles. The van der Waals surface area contributed by atoms with E-state index >= 15 is 0 Å². The lowest BCUT2D eigenvalue weighted by Gasteiger charge is -2.43. The van der Waals surface area contributed by atoms with Gasteiger partial charge in [-0.1, -0.05) is 11.6 Å². The maximum atomic E-state index is 14.3. The number of halogens is 2. The van der Waals surface area contributed by atoms with E-state index < -0.39 is 17.1 Å². The van der Waals surface area contributed by atoms with Gasteiger partial charge in [-0.05, 0) is 43.2 Å². The number of ketones is 1. The molecule has 154 valence electrons. The second-order valence-electron chi connectivity index (χ2n) is 7.53. The molecule has 1 spiro atoms. The average Bonchev–Trinajstić information content (AvgIpc) is 3.02. The van der Waals surface area contributed by atoms with Gasteiger partial charge in [-0.3, -0.25) is 14.5 Å². The third-order valence-electron chi connectivity index (χ3n) is 5.93. The molecule has 1 atom stereocenters. The Hall–Kier alpha value is -3.70. The summed E-state index contributed by atoms with van der Waals surface area (Å²) in [5.74, 6) is -1.13. The summed E-state index contributed by atoms with van der Waals surface area (Å²) in [7, 11) is 0. The van der Waals surface area contributed by atoms with Crippen molar-refractivity contribution in [2.45, 2.75) is 24.7 Å². The minimum atomic E-state index is -1.80. The molecule has 1 aromatic carbocycles. The molecular weight excluding hydrogens is 421 g/mol. The van der Waals surface area contributed by atoms with Gasteiger partial charge in [0.15, 0.2) is 5.78 Å². The molecule has 3 N–H and O–H groups in total. The Morgan fingerprint density at radius 2 is 2.06 bits per heavy atom. The van der Waals surface area contributed by atoms with Gasteiger partial charge in [0.1, 0.15) is 28.9 Å². The van der Waals surface area contributed by atoms with Crippen LogP contribution in [-0.4, -0.2) is 16.7 Å². The van der Waals surface area contributed by atoms with Crippen molar-refractivity contribution in [2.24, 2.45) is 5.73 Å². The molecule has 5 rings (SSSR count). The normalized spacial score (nSPS) is 22.4. The number of hydrogen-bond acceptors (Lipinski definition) is 6. The number of nitrogens with one attached hydrogen (secondary N) is 1. The lowest BCUT2D eigenvalue weighted by atomic mass is 9.64. The van der Waals surface area contributed by atoms with Crippen molar-refractivity contribution in [3.63, 3.8) is 0 Å². The Morgan fingerprint density at radius 1 is 1.26 bits per heavy atom. The Bertz CT molecular complexity index is 1280. The van der Waals surface area contributed by atoms with Gasteiger partial charge < -0.3 is 11.1 Å². The zero-order chi connectivity index (χ0) is 21.9. The van der Waals surface area contributed by atoms with Crippen LogP contribution in [0.2, 0.25) is 5.02 Å². The predicted octanol–water partition coefficient (Wildman–Crippen LogP) is 3.29. The first-order valence-corrected chi connectivity index (χ1v) is 9.97.